The van der Waals surface area contributed by atoms with Crippen LogP contribution in [0.15, 0.2) is 42.5 Å². The maximum atomic E-state index is 12.1. The maximum Gasteiger partial charge on any atom is 0.231 e. The number of amides is 1. The van der Waals surface area contributed by atoms with Crippen molar-refractivity contribution in [3.63, 3.8) is 0 Å². The van der Waals surface area contributed by atoms with Crippen molar-refractivity contribution in [1.82, 2.24) is 9.97 Å². The van der Waals surface area contributed by atoms with Crippen LogP contribution in [0.4, 0.5) is 5.69 Å². The quantitative estimate of drug-likeness (QED) is 0.755. The molecule has 6 heteroatoms. The highest BCUT2D eigenvalue weighted by atomic mass is 16.7. The van der Waals surface area contributed by atoms with Crippen molar-refractivity contribution in [2.45, 2.75) is 19.3 Å². The molecule has 2 heterocycles. The molecule has 6 nitrogen and oxygen atoms in total. The minimum Gasteiger partial charge on any atom is -0.454 e. The third-order valence-corrected chi connectivity index (χ3v) is 3.91. The number of anilines is 1. The summed E-state index contributed by atoms with van der Waals surface area (Å²) >= 11 is 0. The van der Waals surface area contributed by atoms with Gasteiger partial charge in [-0.15, -0.1) is 0 Å². The number of aromatic amines is 1. The molecule has 4 rings (SSSR count). The highest BCUT2D eigenvalue weighted by Gasteiger charge is 2.14. The van der Waals surface area contributed by atoms with Gasteiger partial charge in [-0.05, 0) is 30.7 Å². The molecule has 3 aromatic rings. The van der Waals surface area contributed by atoms with Gasteiger partial charge in [-0.3, -0.25) is 4.79 Å². The van der Waals surface area contributed by atoms with Gasteiger partial charge < -0.3 is 19.8 Å². The zero-order chi connectivity index (χ0) is 16.4. The molecule has 0 fully saturated rings. The highest BCUT2D eigenvalue weighted by molar-refractivity contribution is 5.91. The standard InChI is InChI=1S/C18H17N3O3/c22-18(19-12-8-9-15-16(10-12)24-11-23-15)7-3-6-17-20-13-4-1-2-5-14(13)21-17/h1-2,4-5,8-10H,3,6-7,11H2,(H,19,22)(H,20,21). The van der Waals surface area contributed by atoms with E-state index in [9.17, 15) is 4.79 Å². The van der Waals surface area contributed by atoms with Gasteiger partial charge in [0.05, 0.1) is 11.0 Å². The molecule has 0 atom stereocenters. The summed E-state index contributed by atoms with van der Waals surface area (Å²) in [5.74, 6) is 2.25. The van der Waals surface area contributed by atoms with Crippen LogP contribution in [-0.4, -0.2) is 22.7 Å². The fraction of sp³-hybridized carbons (Fsp3) is 0.222. The Morgan fingerprint density at radius 3 is 2.96 bits per heavy atom. The Morgan fingerprint density at radius 2 is 2.04 bits per heavy atom. The van der Waals surface area contributed by atoms with Gasteiger partial charge in [0.2, 0.25) is 12.7 Å². The number of nitrogens with zero attached hydrogens (tertiary/aromatic N) is 1. The lowest BCUT2D eigenvalue weighted by molar-refractivity contribution is -0.116. The average molecular weight is 323 g/mol. The minimum atomic E-state index is -0.0232. The van der Waals surface area contributed by atoms with Crippen molar-refractivity contribution in [3.05, 3.63) is 48.3 Å². The van der Waals surface area contributed by atoms with Gasteiger partial charge in [0.25, 0.3) is 0 Å². The number of para-hydroxylation sites is 2. The third kappa shape index (κ3) is 3.03. The summed E-state index contributed by atoms with van der Waals surface area (Å²) in [6.07, 6.45) is 1.91. The Labute approximate surface area is 138 Å². The fourth-order valence-corrected chi connectivity index (χ4v) is 2.74. The van der Waals surface area contributed by atoms with Crippen LogP contribution < -0.4 is 14.8 Å². The maximum absolute atomic E-state index is 12.1. The van der Waals surface area contributed by atoms with E-state index >= 15 is 0 Å². The second-order valence-corrected chi connectivity index (χ2v) is 5.67. The Balaban J connectivity index is 1.30. The molecule has 1 aliphatic rings. The Morgan fingerprint density at radius 1 is 1.17 bits per heavy atom. The number of ether oxygens (including phenoxy) is 2. The molecule has 1 aromatic heterocycles. The van der Waals surface area contributed by atoms with Gasteiger partial charge in [-0.25, -0.2) is 4.98 Å². The van der Waals surface area contributed by atoms with E-state index < -0.39 is 0 Å². The van der Waals surface area contributed by atoms with Gasteiger partial charge in [0.1, 0.15) is 5.82 Å². The van der Waals surface area contributed by atoms with Gasteiger partial charge >= 0.3 is 0 Å². The number of aromatic nitrogens is 2. The number of fused-ring (bicyclic) bond motifs is 2. The molecule has 2 aromatic carbocycles. The molecule has 0 saturated carbocycles. The SMILES string of the molecule is O=C(CCCc1nc2ccccc2[nH]1)Nc1ccc2c(c1)OCO2. The molecular weight excluding hydrogens is 306 g/mol. The first-order chi connectivity index (χ1) is 11.8. The van der Waals surface area contributed by atoms with E-state index in [1.807, 2.05) is 30.3 Å². The summed E-state index contributed by atoms with van der Waals surface area (Å²) in [6.45, 7) is 0.226. The van der Waals surface area contributed by atoms with E-state index in [4.69, 9.17) is 9.47 Å². The first-order valence-electron chi connectivity index (χ1n) is 7.91. The lowest BCUT2D eigenvalue weighted by atomic mass is 10.2. The number of hydrogen-bond acceptors (Lipinski definition) is 4. The number of benzene rings is 2. The number of H-pyrrole nitrogens is 1. The molecule has 122 valence electrons. The Kier molecular flexibility index (Phi) is 3.78. The Hall–Kier alpha value is -3.02. The summed E-state index contributed by atoms with van der Waals surface area (Å²) in [7, 11) is 0. The molecule has 0 spiro atoms. The highest BCUT2D eigenvalue weighted by Crippen LogP contribution is 2.34. The lowest BCUT2D eigenvalue weighted by Gasteiger charge is -2.05. The van der Waals surface area contributed by atoms with Crippen LogP contribution in [0.1, 0.15) is 18.7 Å². The van der Waals surface area contributed by atoms with Crippen molar-refractivity contribution in [2.75, 3.05) is 12.1 Å². The number of carbonyl (C=O) groups is 1. The van der Waals surface area contributed by atoms with E-state index in [0.29, 0.717) is 23.6 Å². The van der Waals surface area contributed by atoms with E-state index in [-0.39, 0.29) is 12.7 Å². The average Bonchev–Trinajstić information content (AvgIpc) is 3.20. The number of imidazole rings is 1. The summed E-state index contributed by atoms with van der Waals surface area (Å²) < 4.78 is 10.6. The van der Waals surface area contributed by atoms with Crippen LogP contribution >= 0.6 is 0 Å². The van der Waals surface area contributed by atoms with Gasteiger partial charge in [-0.1, -0.05) is 12.1 Å². The molecule has 0 aliphatic carbocycles. The van der Waals surface area contributed by atoms with E-state index in [1.54, 1.807) is 12.1 Å². The van der Waals surface area contributed by atoms with Crippen LogP contribution in [0.5, 0.6) is 11.5 Å². The monoisotopic (exact) mass is 323 g/mol. The molecule has 0 radical (unpaired) electrons. The molecule has 1 amide bonds. The summed E-state index contributed by atoms with van der Waals surface area (Å²) in [6, 6.07) is 13.3. The van der Waals surface area contributed by atoms with Crippen LogP contribution in [0.25, 0.3) is 11.0 Å². The second kappa shape index (κ2) is 6.23. The summed E-state index contributed by atoms with van der Waals surface area (Å²) in [4.78, 5) is 19.9. The van der Waals surface area contributed by atoms with E-state index in [1.165, 1.54) is 0 Å². The number of rotatable bonds is 5. The van der Waals surface area contributed by atoms with Crippen LogP contribution in [0, 0.1) is 0 Å². The van der Waals surface area contributed by atoms with E-state index in [2.05, 4.69) is 15.3 Å². The number of hydrogen-bond donors (Lipinski definition) is 2. The second-order valence-electron chi connectivity index (χ2n) is 5.67. The summed E-state index contributed by atoms with van der Waals surface area (Å²) in [5.41, 5.74) is 2.70. The molecule has 0 unspecified atom stereocenters. The molecule has 0 bridgehead atoms. The fourth-order valence-electron chi connectivity index (χ4n) is 2.74. The zero-order valence-electron chi connectivity index (χ0n) is 13.0. The predicted octanol–water partition coefficient (Wildman–Crippen LogP) is 3.25. The van der Waals surface area contributed by atoms with Crippen molar-refractivity contribution in [3.8, 4) is 11.5 Å². The first-order valence-corrected chi connectivity index (χ1v) is 7.91. The minimum absolute atomic E-state index is 0.0232. The third-order valence-electron chi connectivity index (χ3n) is 3.91. The van der Waals surface area contributed by atoms with Gasteiger partial charge in [0.15, 0.2) is 11.5 Å². The van der Waals surface area contributed by atoms with Crippen LogP contribution in [0.2, 0.25) is 0 Å². The zero-order valence-corrected chi connectivity index (χ0v) is 13.0. The van der Waals surface area contributed by atoms with Crippen molar-refractivity contribution < 1.29 is 14.3 Å². The largest absolute Gasteiger partial charge is 0.454 e. The Bertz CT molecular complexity index is 855. The number of carbonyl (C=O) groups excluding carboxylic acids is 1. The van der Waals surface area contributed by atoms with Crippen LogP contribution in [0.3, 0.4) is 0 Å². The predicted molar refractivity (Wildman–Crippen MR) is 90.2 cm³/mol. The van der Waals surface area contributed by atoms with E-state index in [0.717, 1.165) is 29.7 Å². The lowest BCUT2D eigenvalue weighted by Crippen LogP contribution is -2.11. The van der Waals surface area contributed by atoms with Crippen molar-refractivity contribution in [1.29, 1.82) is 0 Å². The topological polar surface area (TPSA) is 76.2 Å². The molecule has 1 aliphatic heterocycles. The van der Waals surface area contributed by atoms with Crippen molar-refractivity contribution in [2.24, 2.45) is 0 Å². The molecule has 0 saturated heterocycles. The molecule has 24 heavy (non-hydrogen) atoms. The summed E-state index contributed by atoms with van der Waals surface area (Å²) in [5, 5.41) is 2.88. The van der Waals surface area contributed by atoms with Crippen LogP contribution in [-0.2, 0) is 11.2 Å². The first kappa shape index (κ1) is 14.6. The van der Waals surface area contributed by atoms with Crippen molar-refractivity contribution >= 4 is 22.6 Å². The smallest absolute Gasteiger partial charge is 0.231 e. The number of nitrogens with one attached hydrogen (secondary N) is 2. The van der Waals surface area contributed by atoms with Gasteiger partial charge in [-0.2, -0.15) is 0 Å². The normalized spacial score (nSPS) is 12.5. The molecular formula is C18H17N3O3. The van der Waals surface area contributed by atoms with Gasteiger partial charge in [0, 0.05) is 24.6 Å². The number of aryl methyl sites for hydroxylation is 1. The molecule has 2 N–H and O–H groups in total.